The molecule has 8 heteroatoms. The molecule has 2 fully saturated rings. The third kappa shape index (κ3) is 3.33. The van der Waals surface area contributed by atoms with E-state index in [1.54, 1.807) is 14.2 Å². The molecule has 2 aliphatic rings. The van der Waals surface area contributed by atoms with Crippen molar-refractivity contribution in [3.63, 3.8) is 0 Å². The van der Waals surface area contributed by atoms with E-state index in [-0.39, 0.29) is 12.1 Å². The molecular weight excluding hydrogens is 380 g/mol. The highest BCUT2D eigenvalue weighted by atomic mass is 16.5. The van der Waals surface area contributed by atoms with Gasteiger partial charge in [-0.05, 0) is 31.6 Å². The molecule has 1 saturated carbocycles. The van der Waals surface area contributed by atoms with Crippen molar-refractivity contribution in [2.75, 3.05) is 32.2 Å². The van der Waals surface area contributed by atoms with Gasteiger partial charge in [-0.15, -0.1) is 10.2 Å². The standard InChI is InChI=1S/C22H28N6O2/c1-14-18-6-4-5-7-19(18)22(25-23-14)27-10-15-8-20(21(30-3)9-16(15)11-27)28-12-17(13-29-2)24-26-28/h4-7,12,15-16,20-21H,8-11,13H2,1-3H3/t15-,16+,20-,21-/m1/s1. The summed E-state index contributed by atoms with van der Waals surface area (Å²) in [5.74, 6) is 2.15. The second kappa shape index (κ2) is 7.92. The fourth-order valence-corrected chi connectivity index (χ4v) is 5.24. The van der Waals surface area contributed by atoms with Crippen molar-refractivity contribution in [1.82, 2.24) is 25.2 Å². The van der Waals surface area contributed by atoms with Gasteiger partial charge < -0.3 is 14.4 Å². The van der Waals surface area contributed by atoms with Crippen molar-refractivity contribution < 1.29 is 9.47 Å². The summed E-state index contributed by atoms with van der Waals surface area (Å²) in [6, 6.07) is 8.62. The van der Waals surface area contributed by atoms with Crippen LogP contribution in [-0.4, -0.2) is 58.6 Å². The highest BCUT2D eigenvalue weighted by Gasteiger charge is 2.44. The van der Waals surface area contributed by atoms with Crippen LogP contribution in [0.1, 0.15) is 30.3 Å². The summed E-state index contributed by atoms with van der Waals surface area (Å²) >= 11 is 0. The number of aromatic nitrogens is 5. The fraction of sp³-hybridized carbons (Fsp3) is 0.545. The molecule has 3 heterocycles. The summed E-state index contributed by atoms with van der Waals surface area (Å²) in [6.45, 7) is 4.47. The smallest absolute Gasteiger partial charge is 0.159 e. The van der Waals surface area contributed by atoms with Gasteiger partial charge >= 0.3 is 0 Å². The van der Waals surface area contributed by atoms with Crippen LogP contribution < -0.4 is 4.90 Å². The average Bonchev–Trinajstić information content (AvgIpc) is 3.40. The average molecular weight is 409 g/mol. The van der Waals surface area contributed by atoms with Crippen molar-refractivity contribution in [3.05, 3.63) is 41.9 Å². The quantitative estimate of drug-likeness (QED) is 0.642. The maximum atomic E-state index is 5.90. The Labute approximate surface area is 176 Å². The molecule has 0 amide bonds. The summed E-state index contributed by atoms with van der Waals surface area (Å²) in [7, 11) is 3.48. The van der Waals surface area contributed by atoms with Gasteiger partial charge in [0.05, 0.1) is 30.6 Å². The van der Waals surface area contributed by atoms with E-state index in [9.17, 15) is 0 Å². The molecule has 4 atom stereocenters. The van der Waals surface area contributed by atoms with E-state index < -0.39 is 0 Å². The predicted octanol–water partition coefficient (Wildman–Crippen LogP) is 2.78. The minimum absolute atomic E-state index is 0.129. The summed E-state index contributed by atoms with van der Waals surface area (Å²) in [6.07, 6.45) is 4.15. The molecule has 30 heavy (non-hydrogen) atoms. The molecule has 0 N–H and O–H groups in total. The summed E-state index contributed by atoms with van der Waals surface area (Å²) in [4.78, 5) is 2.41. The fourth-order valence-electron chi connectivity index (χ4n) is 5.24. The topological polar surface area (TPSA) is 78.2 Å². The lowest BCUT2D eigenvalue weighted by Gasteiger charge is -2.36. The molecule has 0 bridgehead atoms. The van der Waals surface area contributed by atoms with Gasteiger partial charge in [-0.3, -0.25) is 0 Å². The van der Waals surface area contributed by atoms with Crippen molar-refractivity contribution in [2.45, 2.75) is 38.5 Å². The summed E-state index contributed by atoms with van der Waals surface area (Å²) < 4.78 is 13.1. The Hall–Kier alpha value is -2.58. The molecule has 5 rings (SSSR count). The Morgan fingerprint density at radius 1 is 1.00 bits per heavy atom. The number of ether oxygens (including phenoxy) is 2. The first-order valence-electron chi connectivity index (χ1n) is 10.6. The van der Waals surface area contributed by atoms with Gasteiger partial charge in [0, 0.05) is 38.1 Å². The lowest BCUT2D eigenvalue weighted by atomic mass is 9.77. The predicted molar refractivity (Wildman–Crippen MR) is 113 cm³/mol. The van der Waals surface area contributed by atoms with Crippen molar-refractivity contribution >= 4 is 16.6 Å². The third-order valence-corrected chi connectivity index (χ3v) is 6.73. The Kier molecular flexibility index (Phi) is 5.12. The van der Waals surface area contributed by atoms with Crippen LogP contribution in [0, 0.1) is 18.8 Å². The number of hydrogen-bond donors (Lipinski definition) is 0. The molecule has 1 aromatic carbocycles. The number of anilines is 1. The lowest BCUT2D eigenvalue weighted by molar-refractivity contribution is -0.00544. The first-order chi connectivity index (χ1) is 14.7. The van der Waals surface area contributed by atoms with Crippen LogP contribution in [0.5, 0.6) is 0 Å². The Balaban J connectivity index is 1.40. The highest BCUT2D eigenvalue weighted by Crippen LogP contribution is 2.43. The van der Waals surface area contributed by atoms with Crippen LogP contribution in [0.2, 0.25) is 0 Å². The first-order valence-corrected chi connectivity index (χ1v) is 10.6. The van der Waals surface area contributed by atoms with Gasteiger partial charge in [-0.25, -0.2) is 4.68 Å². The number of rotatable bonds is 5. The molecule has 2 aromatic heterocycles. The van der Waals surface area contributed by atoms with Crippen LogP contribution in [0.15, 0.2) is 30.5 Å². The first kappa shape index (κ1) is 19.4. The van der Waals surface area contributed by atoms with E-state index in [1.807, 2.05) is 17.8 Å². The summed E-state index contributed by atoms with van der Waals surface area (Å²) in [5, 5.41) is 20.0. The molecule has 0 unspecified atom stereocenters. The minimum Gasteiger partial charge on any atom is -0.379 e. The van der Waals surface area contributed by atoms with E-state index in [0.29, 0.717) is 18.4 Å². The number of benzene rings is 1. The number of methoxy groups -OCH3 is 2. The monoisotopic (exact) mass is 408 g/mol. The van der Waals surface area contributed by atoms with Crippen LogP contribution in [0.25, 0.3) is 10.8 Å². The highest BCUT2D eigenvalue weighted by molar-refractivity contribution is 5.93. The van der Waals surface area contributed by atoms with Crippen molar-refractivity contribution in [2.24, 2.45) is 11.8 Å². The Morgan fingerprint density at radius 3 is 2.53 bits per heavy atom. The van der Waals surface area contributed by atoms with E-state index in [2.05, 4.69) is 49.7 Å². The second-order valence-electron chi connectivity index (χ2n) is 8.52. The lowest BCUT2D eigenvalue weighted by Crippen LogP contribution is -2.37. The van der Waals surface area contributed by atoms with Gasteiger partial charge in [0.2, 0.25) is 0 Å². The molecular formula is C22H28N6O2. The number of fused-ring (bicyclic) bond motifs is 2. The van der Waals surface area contributed by atoms with Crippen molar-refractivity contribution in [1.29, 1.82) is 0 Å². The maximum Gasteiger partial charge on any atom is 0.159 e. The van der Waals surface area contributed by atoms with Gasteiger partial charge in [0.25, 0.3) is 0 Å². The largest absolute Gasteiger partial charge is 0.379 e. The molecule has 158 valence electrons. The SMILES string of the molecule is COCc1cn([C@@H]2C[C@@H]3CN(c4nnc(C)c5ccccc45)C[C@@H]3C[C@H]2OC)nn1. The van der Waals surface area contributed by atoms with E-state index in [0.717, 1.165) is 43.1 Å². The van der Waals surface area contributed by atoms with Gasteiger partial charge in [-0.1, -0.05) is 29.5 Å². The maximum absolute atomic E-state index is 5.90. The van der Waals surface area contributed by atoms with Crippen LogP contribution in [-0.2, 0) is 16.1 Å². The number of hydrogen-bond acceptors (Lipinski definition) is 7. The summed E-state index contributed by atoms with van der Waals surface area (Å²) in [5.41, 5.74) is 1.83. The number of nitrogens with zero attached hydrogens (tertiary/aromatic N) is 6. The minimum atomic E-state index is 0.129. The van der Waals surface area contributed by atoms with Crippen LogP contribution in [0.3, 0.4) is 0 Å². The zero-order valence-corrected chi connectivity index (χ0v) is 17.7. The Bertz CT molecular complexity index is 1040. The van der Waals surface area contributed by atoms with E-state index in [1.165, 1.54) is 10.8 Å². The van der Waals surface area contributed by atoms with Crippen LogP contribution >= 0.6 is 0 Å². The number of aryl methyl sites for hydroxylation is 1. The zero-order chi connectivity index (χ0) is 20.7. The van der Waals surface area contributed by atoms with Gasteiger partial charge in [0.15, 0.2) is 5.82 Å². The second-order valence-corrected chi connectivity index (χ2v) is 8.52. The molecule has 1 saturated heterocycles. The normalized spacial score (nSPS) is 26.3. The van der Waals surface area contributed by atoms with Crippen LogP contribution in [0.4, 0.5) is 5.82 Å². The molecule has 1 aliphatic carbocycles. The van der Waals surface area contributed by atoms with E-state index >= 15 is 0 Å². The van der Waals surface area contributed by atoms with E-state index in [4.69, 9.17) is 9.47 Å². The molecule has 1 aliphatic heterocycles. The Morgan fingerprint density at radius 2 is 1.77 bits per heavy atom. The van der Waals surface area contributed by atoms with Gasteiger partial charge in [0.1, 0.15) is 5.69 Å². The molecule has 0 radical (unpaired) electrons. The van der Waals surface area contributed by atoms with Gasteiger partial charge in [-0.2, -0.15) is 5.10 Å². The molecule has 8 nitrogen and oxygen atoms in total. The zero-order valence-electron chi connectivity index (χ0n) is 17.7. The third-order valence-electron chi connectivity index (χ3n) is 6.73. The molecule has 3 aromatic rings. The molecule has 0 spiro atoms. The van der Waals surface area contributed by atoms with Crippen molar-refractivity contribution in [3.8, 4) is 0 Å².